The van der Waals surface area contributed by atoms with Crippen LogP contribution < -0.4 is 5.73 Å². The summed E-state index contributed by atoms with van der Waals surface area (Å²) in [7, 11) is 0. The molecule has 0 spiro atoms. The number of fused-ring (bicyclic) bond motifs is 1. The van der Waals surface area contributed by atoms with Crippen LogP contribution in [0, 0.1) is 17.5 Å². The van der Waals surface area contributed by atoms with Gasteiger partial charge in [0.15, 0.2) is 0 Å². The van der Waals surface area contributed by atoms with Crippen LogP contribution in [0.4, 0.5) is 13.2 Å². The SMILES string of the molecule is NC(c1cc2cc(F)ccc2o1)c1c(F)cccc1F. The third-order valence-electron chi connectivity index (χ3n) is 3.11. The molecule has 0 bridgehead atoms. The molecular weight excluding hydrogens is 267 g/mol. The van der Waals surface area contributed by atoms with Crippen LogP contribution in [-0.4, -0.2) is 0 Å². The van der Waals surface area contributed by atoms with Gasteiger partial charge in [0.2, 0.25) is 0 Å². The molecule has 0 aliphatic rings. The van der Waals surface area contributed by atoms with Crippen LogP contribution in [-0.2, 0) is 0 Å². The van der Waals surface area contributed by atoms with Crippen molar-refractivity contribution in [3.05, 3.63) is 71.2 Å². The zero-order valence-corrected chi connectivity index (χ0v) is 10.2. The lowest BCUT2D eigenvalue weighted by Crippen LogP contribution is -2.14. The van der Waals surface area contributed by atoms with Crippen LogP contribution >= 0.6 is 0 Å². The minimum Gasteiger partial charge on any atom is -0.459 e. The van der Waals surface area contributed by atoms with Crippen molar-refractivity contribution in [3.63, 3.8) is 0 Å². The second-order valence-electron chi connectivity index (χ2n) is 4.44. The van der Waals surface area contributed by atoms with Gasteiger partial charge < -0.3 is 10.2 Å². The summed E-state index contributed by atoms with van der Waals surface area (Å²) in [5.74, 6) is -1.74. The van der Waals surface area contributed by atoms with E-state index in [0.717, 1.165) is 12.1 Å². The van der Waals surface area contributed by atoms with Crippen molar-refractivity contribution in [2.45, 2.75) is 6.04 Å². The van der Waals surface area contributed by atoms with Gasteiger partial charge in [0, 0.05) is 10.9 Å². The van der Waals surface area contributed by atoms with E-state index in [1.165, 1.54) is 30.3 Å². The summed E-state index contributed by atoms with van der Waals surface area (Å²) in [4.78, 5) is 0. The van der Waals surface area contributed by atoms with E-state index < -0.39 is 23.5 Å². The van der Waals surface area contributed by atoms with Crippen LogP contribution in [0.15, 0.2) is 46.9 Å². The number of hydrogen-bond acceptors (Lipinski definition) is 2. The number of rotatable bonds is 2. The lowest BCUT2D eigenvalue weighted by Gasteiger charge is -2.11. The molecule has 1 aromatic heterocycles. The van der Waals surface area contributed by atoms with Crippen LogP contribution in [0.2, 0.25) is 0 Å². The van der Waals surface area contributed by atoms with E-state index in [9.17, 15) is 13.2 Å². The van der Waals surface area contributed by atoms with Gasteiger partial charge in [-0.15, -0.1) is 0 Å². The van der Waals surface area contributed by atoms with Gasteiger partial charge in [0.1, 0.15) is 28.8 Å². The molecule has 102 valence electrons. The maximum Gasteiger partial charge on any atom is 0.134 e. The largest absolute Gasteiger partial charge is 0.459 e. The smallest absolute Gasteiger partial charge is 0.134 e. The van der Waals surface area contributed by atoms with Gasteiger partial charge in [-0.3, -0.25) is 0 Å². The van der Waals surface area contributed by atoms with Gasteiger partial charge in [0.05, 0.1) is 6.04 Å². The molecule has 2 nitrogen and oxygen atoms in total. The molecule has 1 unspecified atom stereocenters. The summed E-state index contributed by atoms with van der Waals surface area (Å²) in [6, 6.07) is 7.85. The van der Waals surface area contributed by atoms with Gasteiger partial charge in [-0.05, 0) is 36.4 Å². The van der Waals surface area contributed by atoms with E-state index in [-0.39, 0.29) is 11.3 Å². The van der Waals surface area contributed by atoms with Crippen molar-refractivity contribution in [1.29, 1.82) is 0 Å². The molecule has 2 N–H and O–H groups in total. The topological polar surface area (TPSA) is 39.2 Å². The molecule has 20 heavy (non-hydrogen) atoms. The third kappa shape index (κ3) is 2.06. The van der Waals surface area contributed by atoms with E-state index in [2.05, 4.69) is 0 Å². The Labute approximate surface area is 112 Å². The second kappa shape index (κ2) is 4.68. The lowest BCUT2D eigenvalue weighted by atomic mass is 10.0. The van der Waals surface area contributed by atoms with Gasteiger partial charge in [-0.2, -0.15) is 0 Å². The first kappa shape index (κ1) is 12.7. The summed E-state index contributed by atoms with van der Waals surface area (Å²) in [6.45, 7) is 0. The minimum atomic E-state index is -1.09. The van der Waals surface area contributed by atoms with E-state index in [4.69, 9.17) is 10.2 Å². The van der Waals surface area contributed by atoms with Crippen molar-refractivity contribution < 1.29 is 17.6 Å². The average molecular weight is 277 g/mol. The summed E-state index contributed by atoms with van der Waals surface area (Å²) in [5, 5.41) is 0.493. The van der Waals surface area contributed by atoms with Gasteiger partial charge in [-0.1, -0.05) is 6.07 Å². The average Bonchev–Trinajstić information content (AvgIpc) is 2.81. The van der Waals surface area contributed by atoms with E-state index in [0.29, 0.717) is 11.0 Å². The van der Waals surface area contributed by atoms with Crippen molar-refractivity contribution in [1.82, 2.24) is 0 Å². The van der Waals surface area contributed by atoms with Crippen molar-refractivity contribution in [3.8, 4) is 0 Å². The van der Waals surface area contributed by atoms with Crippen molar-refractivity contribution >= 4 is 11.0 Å². The highest BCUT2D eigenvalue weighted by molar-refractivity contribution is 5.78. The summed E-state index contributed by atoms with van der Waals surface area (Å²) in [5.41, 5.74) is 5.99. The predicted octanol–water partition coefficient (Wildman–Crippen LogP) is 3.90. The summed E-state index contributed by atoms with van der Waals surface area (Å²) >= 11 is 0. The fourth-order valence-electron chi connectivity index (χ4n) is 2.14. The van der Waals surface area contributed by atoms with Crippen molar-refractivity contribution in [2.75, 3.05) is 0 Å². The fourth-order valence-corrected chi connectivity index (χ4v) is 2.14. The molecule has 0 aliphatic carbocycles. The molecule has 0 aliphatic heterocycles. The molecule has 2 aromatic carbocycles. The second-order valence-corrected chi connectivity index (χ2v) is 4.44. The number of benzene rings is 2. The predicted molar refractivity (Wildman–Crippen MR) is 68.6 cm³/mol. The Kier molecular flexibility index (Phi) is 2.99. The minimum absolute atomic E-state index is 0.176. The first-order chi connectivity index (χ1) is 9.56. The highest BCUT2D eigenvalue weighted by atomic mass is 19.1. The highest BCUT2D eigenvalue weighted by Gasteiger charge is 2.21. The molecule has 3 rings (SSSR count). The van der Waals surface area contributed by atoms with Crippen LogP contribution in [0.5, 0.6) is 0 Å². The van der Waals surface area contributed by atoms with E-state index in [1.54, 1.807) is 0 Å². The summed E-state index contributed by atoms with van der Waals surface area (Å²) < 4.78 is 45.9. The Morgan fingerprint density at radius 2 is 1.65 bits per heavy atom. The van der Waals surface area contributed by atoms with Crippen molar-refractivity contribution in [2.24, 2.45) is 5.73 Å². The van der Waals surface area contributed by atoms with Crippen LogP contribution in [0.1, 0.15) is 17.4 Å². The molecule has 3 aromatic rings. The maximum atomic E-state index is 13.7. The standard InChI is InChI=1S/C15H10F3NO/c16-9-4-5-12-8(6-9)7-13(20-12)15(19)14-10(17)2-1-3-11(14)18/h1-7,15H,19H2. The fraction of sp³-hybridized carbons (Fsp3) is 0.0667. The number of halogens is 3. The molecule has 0 amide bonds. The Balaban J connectivity index is 2.10. The van der Waals surface area contributed by atoms with Crippen LogP contribution in [0.25, 0.3) is 11.0 Å². The Hall–Kier alpha value is -2.27. The Bertz CT molecular complexity index is 762. The molecule has 0 saturated carbocycles. The number of hydrogen-bond donors (Lipinski definition) is 1. The van der Waals surface area contributed by atoms with Gasteiger partial charge in [0.25, 0.3) is 0 Å². The summed E-state index contributed by atoms with van der Waals surface area (Å²) in [6.07, 6.45) is 0. The third-order valence-corrected chi connectivity index (χ3v) is 3.11. The van der Waals surface area contributed by atoms with Crippen LogP contribution in [0.3, 0.4) is 0 Å². The molecule has 1 atom stereocenters. The van der Waals surface area contributed by atoms with Gasteiger partial charge >= 0.3 is 0 Å². The lowest BCUT2D eigenvalue weighted by molar-refractivity contribution is 0.487. The molecule has 0 radical (unpaired) electrons. The Morgan fingerprint density at radius 3 is 2.35 bits per heavy atom. The maximum absolute atomic E-state index is 13.7. The quantitative estimate of drug-likeness (QED) is 0.771. The molecule has 5 heteroatoms. The molecule has 1 heterocycles. The molecular formula is C15H10F3NO. The van der Waals surface area contributed by atoms with E-state index >= 15 is 0 Å². The molecule has 0 saturated heterocycles. The normalized spacial score (nSPS) is 12.8. The highest BCUT2D eigenvalue weighted by Crippen LogP contribution is 2.29. The number of nitrogens with two attached hydrogens (primary N) is 1. The zero-order chi connectivity index (χ0) is 14.3. The first-order valence-electron chi connectivity index (χ1n) is 5.95. The Morgan fingerprint density at radius 1 is 0.950 bits per heavy atom. The zero-order valence-electron chi connectivity index (χ0n) is 10.2. The first-order valence-corrected chi connectivity index (χ1v) is 5.95. The monoisotopic (exact) mass is 277 g/mol. The number of furan rings is 1. The molecule has 0 fully saturated rings. The van der Waals surface area contributed by atoms with Gasteiger partial charge in [-0.25, -0.2) is 13.2 Å². The van der Waals surface area contributed by atoms with E-state index in [1.807, 2.05) is 0 Å².